The molecule has 17 nitrogen and oxygen atoms in total. The van der Waals surface area contributed by atoms with Crippen molar-refractivity contribution in [3.05, 3.63) is 65.7 Å². The van der Waals surface area contributed by atoms with Crippen LogP contribution in [-0.4, -0.2) is 103 Å². The normalized spacial score (nSPS) is 13.1. The lowest BCUT2D eigenvalue weighted by Crippen LogP contribution is -2.57. The van der Waals surface area contributed by atoms with E-state index in [4.69, 9.17) is 11.1 Å². The first-order chi connectivity index (χ1) is 24.7. The minimum Gasteiger partial charge on any atom is -0.508 e. The van der Waals surface area contributed by atoms with Crippen LogP contribution in [0.2, 0.25) is 0 Å². The zero-order chi connectivity index (χ0) is 38.6. The van der Waals surface area contributed by atoms with Crippen molar-refractivity contribution in [2.75, 3.05) is 26.7 Å². The standard InChI is InChI=1S/C35H51N9O8/c1-21(2)16-27(32(49)43-25(34(51)52)10-7-15-39-35(36)37)44-33(50)28(18-22-8-5-4-6-9-22)42-30(47)20-40-29(46)19-41-31(48)26(38-3)17-23-11-13-24(45)14-12-23/h4-6,8-9,11-14,21,25-28,38,45H,7,10,15-20H2,1-3H3,(H,40,46)(H,41,48)(H,42,47)(H,43,49)(H,44,50)(H,51,52)(H4,36,37,39)/t25-,26-,27-,28-/m0/s1. The maximum Gasteiger partial charge on any atom is 0.326 e. The second-order valence-corrected chi connectivity index (χ2v) is 12.6. The van der Waals surface area contributed by atoms with Gasteiger partial charge < -0.3 is 53.2 Å². The van der Waals surface area contributed by atoms with E-state index in [0.717, 1.165) is 5.56 Å². The number of benzene rings is 2. The average molecular weight is 726 g/mol. The first-order valence-electron chi connectivity index (χ1n) is 16.9. The Bertz CT molecular complexity index is 1510. The number of aliphatic carboxylic acids is 1. The molecule has 5 amide bonds. The Morgan fingerprint density at radius 3 is 1.88 bits per heavy atom. The van der Waals surface area contributed by atoms with Gasteiger partial charge >= 0.3 is 5.97 Å². The molecule has 2 aromatic rings. The Balaban J connectivity index is 2.03. The molecule has 0 unspecified atom stereocenters. The van der Waals surface area contributed by atoms with E-state index < -0.39 is 72.8 Å². The SMILES string of the molecule is CN[C@@H](Cc1ccc(O)cc1)C(=O)NCC(=O)NCC(=O)N[C@@H](Cc1ccccc1)C(=O)N[C@@H](CC(C)C)C(=O)N[C@@H](CCCNC(=N)N)C(=O)O. The molecule has 12 N–H and O–H groups in total. The molecule has 0 radical (unpaired) electrons. The van der Waals surface area contributed by atoms with Gasteiger partial charge in [-0.25, -0.2) is 4.79 Å². The van der Waals surface area contributed by atoms with Gasteiger partial charge in [-0.1, -0.05) is 56.3 Å². The summed E-state index contributed by atoms with van der Waals surface area (Å²) in [7, 11) is 1.60. The van der Waals surface area contributed by atoms with Gasteiger partial charge in [0.15, 0.2) is 5.96 Å². The van der Waals surface area contributed by atoms with Gasteiger partial charge in [0.2, 0.25) is 29.5 Å². The summed E-state index contributed by atoms with van der Waals surface area (Å²) in [5, 5.41) is 44.5. The van der Waals surface area contributed by atoms with Gasteiger partial charge in [-0.3, -0.25) is 29.4 Å². The van der Waals surface area contributed by atoms with E-state index in [1.165, 1.54) is 12.1 Å². The highest BCUT2D eigenvalue weighted by atomic mass is 16.4. The molecule has 0 aliphatic rings. The number of likely N-dealkylation sites (N-methyl/N-ethyl adjacent to an activating group) is 1. The predicted molar refractivity (Wildman–Crippen MR) is 193 cm³/mol. The van der Waals surface area contributed by atoms with Crippen molar-refractivity contribution in [3.8, 4) is 5.75 Å². The summed E-state index contributed by atoms with van der Waals surface area (Å²) in [6.07, 6.45) is 0.862. The Kier molecular flexibility index (Phi) is 18.1. The van der Waals surface area contributed by atoms with Crippen molar-refractivity contribution >= 4 is 41.5 Å². The fourth-order valence-corrected chi connectivity index (χ4v) is 5.06. The van der Waals surface area contributed by atoms with Crippen LogP contribution in [0.1, 0.15) is 44.2 Å². The molecule has 0 heterocycles. The molecule has 2 aromatic carbocycles. The summed E-state index contributed by atoms with van der Waals surface area (Å²) in [6, 6.07) is 11.0. The highest BCUT2D eigenvalue weighted by Gasteiger charge is 2.30. The third-order valence-corrected chi connectivity index (χ3v) is 7.78. The molecule has 0 saturated carbocycles. The Hall–Kier alpha value is -5.71. The first kappa shape index (κ1) is 42.5. The van der Waals surface area contributed by atoms with E-state index in [2.05, 4.69) is 37.2 Å². The van der Waals surface area contributed by atoms with Crippen molar-refractivity contribution in [3.63, 3.8) is 0 Å². The molecule has 4 atom stereocenters. The summed E-state index contributed by atoms with van der Waals surface area (Å²) >= 11 is 0. The molecule has 2 rings (SSSR count). The van der Waals surface area contributed by atoms with Gasteiger partial charge in [0.25, 0.3) is 0 Å². The van der Waals surface area contributed by atoms with E-state index in [1.54, 1.807) is 49.5 Å². The smallest absolute Gasteiger partial charge is 0.326 e. The average Bonchev–Trinajstić information content (AvgIpc) is 3.10. The summed E-state index contributed by atoms with van der Waals surface area (Å²) in [4.78, 5) is 76.9. The second-order valence-electron chi connectivity index (χ2n) is 12.6. The number of carbonyl (C=O) groups is 6. The molecular formula is C35H51N9O8. The van der Waals surface area contributed by atoms with E-state index in [-0.39, 0.29) is 43.4 Å². The first-order valence-corrected chi connectivity index (χ1v) is 16.9. The highest BCUT2D eigenvalue weighted by Crippen LogP contribution is 2.12. The van der Waals surface area contributed by atoms with Gasteiger partial charge in [-0.15, -0.1) is 0 Å². The number of phenolic OH excluding ortho intramolecular Hbond substituents is 1. The van der Waals surface area contributed by atoms with Gasteiger partial charge in [0.05, 0.1) is 19.1 Å². The number of rotatable bonds is 22. The van der Waals surface area contributed by atoms with E-state index in [0.29, 0.717) is 18.4 Å². The third kappa shape index (κ3) is 16.3. The predicted octanol–water partition coefficient (Wildman–Crippen LogP) is -1.15. The van der Waals surface area contributed by atoms with Crippen molar-refractivity contribution in [2.24, 2.45) is 11.7 Å². The lowest BCUT2D eigenvalue weighted by atomic mass is 10.0. The third-order valence-electron chi connectivity index (χ3n) is 7.78. The topological polar surface area (TPSA) is 277 Å². The molecule has 284 valence electrons. The van der Waals surface area contributed by atoms with Crippen molar-refractivity contribution in [1.29, 1.82) is 5.41 Å². The quantitative estimate of drug-likeness (QED) is 0.0392. The number of aromatic hydroxyl groups is 1. The van der Waals surface area contributed by atoms with Crippen LogP contribution in [0.4, 0.5) is 0 Å². The number of carboxylic acid groups (broad SMARTS) is 1. The molecule has 0 aromatic heterocycles. The molecule has 0 aliphatic carbocycles. The number of phenols is 1. The maximum absolute atomic E-state index is 13.6. The second kappa shape index (κ2) is 22.2. The fourth-order valence-electron chi connectivity index (χ4n) is 5.06. The molecule has 0 bridgehead atoms. The molecule has 17 heteroatoms. The molecule has 0 aliphatic heterocycles. The van der Waals surface area contributed by atoms with Gasteiger partial charge in [0.1, 0.15) is 23.9 Å². The van der Waals surface area contributed by atoms with Gasteiger partial charge in [-0.05, 0) is 61.9 Å². The number of hydrogen-bond donors (Lipinski definition) is 11. The van der Waals surface area contributed by atoms with Crippen LogP contribution in [0.3, 0.4) is 0 Å². The largest absolute Gasteiger partial charge is 0.508 e. The minimum absolute atomic E-state index is 0.0433. The zero-order valence-electron chi connectivity index (χ0n) is 29.7. The number of carboxylic acids is 1. The lowest BCUT2D eigenvalue weighted by molar-refractivity contribution is -0.142. The maximum atomic E-state index is 13.6. The molecule has 52 heavy (non-hydrogen) atoms. The lowest BCUT2D eigenvalue weighted by Gasteiger charge is -2.26. The molecule has 0 spiro atoms. The number of nitrogens with two attached hydrogens (primary N) is 1. The van der Waals surface area contributed by atoms with Crippen LogP contribution >= 0.6 is 0 Å². The summed E-state index contributed by atoms with van der Waals surface area (Å²) in [6.45, 7) is 2.97. The molecule has 0 saturated heterocycles. The number of hydrogen-bond acceptors (Lipinski definition) is 9. The van der Waals surface area contributed by atoms with Crippen LogP contribution in [0, 0.1) is 11.3 Å². The van der Waals surface area contributed by atoms with Crippen molar-refractivity contribution in [1.82, 2.24) is 37.2 Å². The van der Waals surface area contributed by atoms with E-state index >= 15 is 0 Å². The Morgan fingerprint density at radius 2 is 1.29 bits per heavy atom. The van der Waals surface area contributed by atoms with Crippen LogP contribution in [0.5, 0.6) is 5.75 Å². The van der Waals surface area contributed by atoms with E-state index in [9.17, 15) is 39.0 Å². The van der Waals surface area contributed by atoms with Gasteiger partial charge in [-0.2, -0.15) is 0 Å². The van der Waals surface area contributed by atoms with Crippen LogP contribution in [0.15, 0.2) is 54.6 Å². The molecular weight excluding hydrogens is 674 g/mol. The monoisotopic (exact) mass is 725 g/mol. The molecule has 0 fully saturated rings. The van der Waals surface area contributed by atoms with E-state index in [1.807, 2.05) is 13.8 Å². The number of nitrogens with one attached hydrogen (secondary N) is 8. The van der Waals surface area contributed by atoms with Crippen LogP contribution in [0.25, 0.3) is 0 Å². The zero-order valence-corrected chi connectivity index (χ0v) is 29.7. The minimum atomic E-state index is -1.27. The highest BCUT2D eigenvalue weighted by molar-refractivity contribution is 5.94. The van der Waals surface area contributed by atoms with Crippen molar-refractivity contribution < 1.29 is 39.0 Å². The Morgan fingerprint density at radius 1 is 0.712 bits per heavy atom. The number of guanidine groups is 1. The fraction of sp³-hybridized carbons (Fsp3) is 0.457. The summed E-state index contributed by atoms with van der Waals surface area (Å²) in [5.74, 6) is -4.71. The van der Waals surface area contributed by atoms with Crippen LogP contribution in [-0.2, 0) is 41.6 Å². The number of amides is 5. The number of carbonyl (C=O) groups excluding carboxylic acids is 5. The van der Waals surface area contributed by atoms with Crippen molar-refractivity contribution in [2.45, 2.75) is 70.1 Å². The summed E-state index contributed by atoms with van der Waals surface area (Å²) in [5.41, 5.74) is 6.75. The van der Waals surface area contributed by atoms with Gasteiger partial charge in [0, 0.05) is 13.0 Å². The van der Waals surface area contributed by atoms with Crippen LogP contribution < -0.4 is 43.0 Å². The Labute approximate surface area is 302 Å². The summed E-state index contributed by atoms with van der Waals surface area (Å²) < 4.78 is 0.